The Bertz CT molecular complexity index is 310. The number of tetrazole rings is 1. The second kappa shape index (κ2) is 3.70. The van der Waals surface area contributed by atoms with Crippen LogP contribution in [0.4, 0.5) is 0 Å². The zero-order valence-electron chi connectivity index (χ0n) is 7.68. The highest BCUT2D eigenvalue weighted by Gasteiger charge is 2.31. The third-order valence-corrected chi connectivity index (χ3v) is 2.41. The van der Waals surface area contributed by atoms with Gasteiger partial charge in [0.2, 0.25) is 5.91 Å². The smallest absolute Gasteiger partial charge is 0.236 e. The van der Waals surface area contributed by atoms with Crippen molar-refractivity contribution in [1.29, 1.82) is 0 Å². The van der Waals surface area contributed by atoms with Gasteiger partial charge in [0.05, 0.1) is 12.6 Å². The molecule has 0 aromatic carbocycles. The Hall–Kier alpha value is -1.50. The molecule has 3 N–H and O–H groups in total. The molecule has 1 amide bonds. The van der Waals surface area contributed by atoms with Gasteiger partial charge >= 0.3 is 0 Å². The van der Waals surface area contributed by atoms with E-state index in [2.05, 4.69) is 20.6 Å². The van der Waals surface area contributed by atoms with Crippen LogP contribution in [-0.2, 0) is 4.79 Å². The van der Waals surface area contributed by atoms with Gasteiger partial charge in [-0.3, -0.25) is 4.79 Å². The molecule has 1 aliphatic heterocycles. The van der Waals surface area contributed by atoms with Crippen LogP contribution in [0.3, 0.4) is 0 Å². The van der Waals surface area contributed by atoms with E-state index in [4.69, 9.17) is 5.73 Å². The van der Waals surface area contributed by atoms with Crippen molar-refractivity contribution in [3.8, 4) is 0 Å². The minimum absolute atomic E-state index is 0.0361. The number of hydrogen-bond donors (Lipinski definition) is 2. The van der Waals surface area contributed by atoms with Gasteiger partial charge < -0.3 is 10.6 Å². The summed E-state index contributed by atoms with van der Waals surface area (Å²) in [5, 5.41) is 13.6. The highest BCUT2D eigenvalue weighted by Crippen LogP contribution is 2.28. The van der Waals surface area contributed by atoms with Gasteiger partial charge in [0.1, 0.15) is 0 Å². The van der Waals surface area contributed by atoms with Crippen LogP contribution in [0.5, 0.6) is 0 Å². The molecule has 2 rings (SSSR count). The fourth-order valence-corrected chi connectivity index (χ4v) is 1.76. The van der Waals surface area contributed by atoms with Crippen LogP contribution >= 0.6 is 0 Å². The first-order valence-corrected chi connectivity index (χ1v) is 4.56. The number of aromatic nitrogens is 4. The van der Waals surface area contributed by atoms with Crippen molar-refractivity contribution in [1.82, 2.24) is 25.5 Å². The summed E-state index contributed by atoms with van der Waals surface area (Å²) in [6.07, 6.45) is 1.84. The molecule has 1 aromatic rings. The molecule has 7 nitrogen and oxygen atoms in total. The van der Waals surface area contributed by atoms with Gasteiger partial charge in [0.15, 0.2) is 5.82 Å². The molecule has 0 bridgehead atoms. The van der Waals surface area contributed by atoms with Crippen molar-refractivity contribution in [2.75, 3.05) is 13.1 Å². The van der Waals surface area contributed by atoms with Crippen LogP contribution in [0, 0.1) is 0 Å². The molecule has 0 spiro atoms. The van der Waals surface area contributed by atoms with Crippen molar-refractivity contribution < 1.29 is 4.79 Å². The molecule has 0 unspecified atom stereocenters. The summed E-state index contributed by atoms with van der Waals surface area (Å²) < 4.78 is 0. The lowest BCUT2D eigenvalue weighted by Gasteiger charge is -2.21. The van der Waals surface area contributed by atoms with Gasteiger partial charge in [-0.1, -0.05) is 5.21 Å². The van der Waals surface area contributed by atoms with Gasteiger partial charge in [-0.25, -0.2) is 0 Å². The molecule has 1 fully saturated rings. The third kappa shape index (κ3) is 1.46. The molecule has 2 heterocycles. The maximum Gasteiger partial charge on any atom is 0.236 e. The molecule has 76 valence electrons. The highest BCUT2D eigenvalue weighted by molar-refractivity contribution is 5.78. The molecule has 0 aliphatic carbocycles. The van der Waals surface area contributed by atoms with Crippen LogP contribution in [0.1, 0.15) is 24.7 Å². The summed E-state index contributed by atoms with van der Waals surface area (Å²) in [5.74, 6) is 0.515. The minimum atomic E-state index is -0.0581. The SMILES string of the molecule is NCC(=O)N1CCC[C@H]1c1nn[nH]n1. The Morgan fingerprint density at radius 1 is 1.71 bits per heavy atom. The fraction of sp³-hybridized carbons (Fsp3) is 0.714. The van der Waals surface area contributed by atoms with Crippen LogP contribution in [-0.4, -0.2) is 44.5 Å². The zero-order chi connectivity index (χ0) is 9.97. The van der Waals surface area contributed by atoms with Crippen LogP contribution in [0.15, 0.2) is 0 Å². The Balaban J connectivity index is 2.15. The Kier molecular flexibility index (Phi) is 2.40. The zero-order valence-corrected chi connectivity index (χ0v) is 7.68. The number of H-pyrrole nitrogens is 1. The topological polar surface area (TPSA) is 101 Å². The van der Waals surface area contributed by atoms with Crippen molar-refractivity contribution in [2.24, 2.45) is 5.73 Å². The molecule has 1 aromatic heterocycles. The Morgan fingerprint density at radius 3 is 3.21 bits per heavy atom. The van der Waals surface area contributed by atoms with E-state index >= 15 is 0 Å². The normalized spacial score (nSPS) is 21.5. The first-order valence-electron chi connectivity index (χ1n) is 4.56. The number of nitrogens with two attached hydrogens (primary N) is 1. The van der Waals surface area contributed by atoms with Gasteiger partial charge in [-0.05, 0) is 12.8 Å². The number of rotatable bonds is 2. The lowest BCUT2D eigenvalue weighted by molar-refractivity contribution is -0.130. The largest absolute Gasteiger partial charge is 0.331 e. The Labute approximate surface area is 80.6 Å². The molecule has 1 aliphatic rings. The van der Waals surface area contributed by atoms with Crippen molar-refractivity contribution in [3.05, 3.63) is 5.82 Å². The quantitative estimate of drug-likeness (QED) is 0.620. The summed E-state index contributed by atoms with van der Waals surface area (Å²) in [7, 11) is 0. The average Bonchev–Trinajstić information content (AvgIpc) is 2.85. The minimum Gasteiger partial charge on any atom is -0.331 e. The molecule has 1 atom stereocenters. The van der Waals surface area contributed by atoms with E-state index in [1.54, 1.807) is 4.90 Å². The van der Waals surface area contributed by atoms with E-state index in [-0.39, 0.29) is 18.5 Å². The summed E-state index contributed by atoms with van der Waals surface area (Å²) in [6, 6.07) is -0.0511. The van der Waals surface area contributed by atoms with Crippen molar-refractivity contribution >= 4 is 5.91 Å². The second-order valence-corrected chi connectivity index (χ2v) is 3.22. The van der Waals surface area contributed by atoms with E-state index in [0.717, 1.165) is 19.4 Å². The maximum atomic E-state index is 11.4. The second-order valence-electron chi connectivity index (χ2n) is 3.22. The van der Waals surface area contributed by atoms with Crippen LogP contribution < -0.4 is 5.73 Å². The lowest BCUT2D eigenvalue weighted by atomic mass is 10.2. The number of hydrogen-bond acceptors (Lipinski definition) is 5. The average molecular weight is 196 g/mol. The molecular formula is C7H12N6O. The van der Waals surface area contributed by atoms with E-state index in [1.165, 1.54) is 0 Å². The van der Waals surface area contributed by atoms with Crippen LogP contribution in [0.2, 0.25) is 0 Å². The molecule has 7 heteroatoms. The van der Waals surface area contributed by atoms with Gasteiger partial charge in [-0.15, -0.1) is 10.2 Å². The highest BCUT2D eigenvalue weighted by atomic mass is 16.2. The number of nitrogens with zero attached hydrogens (tertiary/aromatic N) is 4. The molecule has 1 saturated heterocycles. The lowest BCUT2D eigenvalue weighted by Crippen LogP contribution is -2.35. The number of carbonyl (C=O) groups excluding carboxylic acids is 1. The molecular weight excluding hydrogens is 184 g/mol. The predicted molar refractivity (Wildman–Crippen MR) is 46.9 cm³/mol. The first-order chi connectivity index (χ1) is 6.83. The number of likely N-dealkylation sites (tertiary alicyclic amines) is 1. The number of carbonyl (C=O) groups is 1. The van der Waals surface area contributed by atoms with E-state index in [1.807, 2.05) is 0 Å². The summed E-state index contributed by atoms with van der Waals surface area (Å²) in [4.78, 5) is 13.1. The summed E-state index contributed by atoms with van der Waals surface area (Å²) in [5.41, 5.74) is 5.31. The van der Waals surface area contributed by atoms with E-state index in [9.17, 15) is 4.79 Å². The summed E-state index contributed by atoms with van der Waals surface area (Å²) >= 11 is 0. The molecule has 0 saturated carbocycles. The summed E-state index contributed by atoms with van der Waals surface area (Å²) in [6.45, 7) is 0.767. The van der Waals surface area contributed by atoms with Gasteiger partial charge in [0.25, 0.3) is 0 Å². The van der Waals surface area contributed by atoms with Gasteiger partial charge in [-0.2, -0.15) is 5.21 Å². The number of amides is 1. The third-order valence-electron chi connectivity index (χ3n) is 2.41. The standard InChI is InChI=1S/C7H12N6O/c8-4-6(14)13-3-1-2-5(13)7-9-11-12-10-7/h5H,1-4,8H2,(H,9,10,11,12)/t5-/m0/s1. The van der Waals surface area contributed by atoms with Crippen molar-refractivity contribution in [3.63, 3.8) is 0 Å². The van der Waals surface area contributed by atoms with Crippen molar-refractivity contribution in [2.45, 2.75) is 18.9 Å². The molecule has 0 radical (unpaired) electrons. The fourth-order valence-electron chi connectivity index (χ4n) is 1.76. The number of nitrogens with one attached hydrogen (secondary N) is 1. The number of aromatic amines is 1. The first kappa shape index (κ1) is 9.07. The monoisotopic (exact) mass is 196 g/mol. The predicted octanol–water partition coefficient (Wildman–Crippen LogP) is -1.18. The Morgan fingerprint density at radius 2 is 2.57 bits per heavy atom. The van der Waals surface area contributed by atoms with Gasteiger partial charge in [0, 0.05) is 6.54 Å². The maximum absolute atomic E-state index is 11.4. The van der Waals surface area contributed by atoms with Crippen LogP contribution in [0.25, 0.3) is 0 Å². The molecule has 14 heavy (non-hydrogen) atoms. The van der Waals surface area contributed by atoms with E-state index in [0.29, 0.717) is 5.82 Å². The van der Waals surface area contributed by atoms with E-state index < -0.39 is 0 Å².